The van der Waals surface area contributed by atoms with Crippen LogP contribution in [0.3, 0.4) is 0 Å². The van der Waals surface area contributed by atoms with Gasteiger partial charge in [-0.05, 0) is 12.5 Å². The molecule has 1 aromatic heterocycles. The smallest absolute Gasteiger partial charge is 0.345 e. The van der Waals surface area contributed by atoms with Crippen LogP contribution in [0.5, 0.6) is 0 Å². The maximum atomic E-state index is 11.7. The van der Waals surface area contributed by atoms with E-state index in [2.05, 4.69) is 11.9 Å². The average molecular weight is 287 g/mol. The van der Waals surface area contributed by atoms with E-state index in [1.165, 1.54) is 0 Å². The number of hydrogen-bond donors (Lipinski definition) is 0. The zero-order chi connectivity index (χ0) is 14.3. The number of unbranched alkanes of at least 4 members (excludes halogenated alkanes) is 3. The second-order valence-corrected chi connectivity index (χ2v) is 4.37. The minimum absolute atomic E-state index is 0.0172. The summed E-state index contributed by atoms with van der Waals surface area (Å²) in [5, 5.41) is 10.8. The molecule has 0 aliphatic rings. The van der Waals surface area contributed by atoms with Crippen LogP contribution in [0.4, 0.5) is 5.69 Å². The van der Waals surface area contributed by atoms with Crippen molar-refractivity contribution >= 4 is 23.3 Å². The van der Waals surface area contributed by atoms with Crippen LogP contribution >= 0.6 is 11.6 Å². The molecule has 0 bridgehead atoms. The topological polar surface area (TPSA) is 82.3 Å². The molecule has 0 N–H and O–H groups in total. The van der Waals surface area contributed by atoms with Crippen LogP contribution in [-0.4, -0.2) is 22.5 Å². The summed E-state index contributed by atoms with van der Waals surface area (Å²) in [6.45, 7) is 2.32. The summed E-state index contributed by atoms with van der Waals surface area (Å²) in [5.74, 6) is -0.743. The van der Waals surface area contributed by atoms with Crippen LogP contribution in [0.25, 0.3) is 0 Å². The molecule has 19 heavy (non-hydrogen) atoms. The number of ether oxygens (including phenoxy) is 1. The Morgan fingerprint density at radius 2 is 2.21 bits per heavy atom. The van der Waals surface area contributed by atoms with Crippen molar-refractivity contribution in [1.82, 2.24) is 4.98 Å². The summed E-state index contributed by atoms with van der Waals surface area (Å²) in [6.07, 6.45) is 4.81. The van der Waals surface area contributed by atoms with Gasteiger partial charge in [-0.1, -0.05) is 37.8 Å². The van der Waals surface area contributed by atoms with E-state index in [1.807, 2.05) is 0 Å². The molecule has 0 aliphatic heterocycles. The van der Waals surface area contributed by atoms with Crippen LogP contribution in [0.1, 0.15) is 43.0 Å². The van der Waals surface area contributed by atoms with Crippen LogP contribution in [0, 0.1) is 10.1 Å². The van der Waals surface area contributed by atoms with E-state index >= 15 is 0 Å². The molecule has 0 aromatic carbocycles. The van der Waals surface area contributed by atoms with Gasteiger partial charge in [0.1, 0.15) is 16.9 Å². The van der Waals surface area contributed by atoms with Gasteiger partial charge in [0.15, 0.2) is 0 Å². The second-order valence-electron chi connectivity index (χ2n) is 3.98. The first-order valence-electron chi connectivity index (χ1n) is 6.03. The Morgan fingerprint density at radius 3 is 2.84 bits per heavy atom. The van der Waals surface area contributed by atoms with Gasteiger partial charge in [-0.3, -0.25) is 10.1 Å². The summed E-state index contributed by atoms with van der Waals surface area (Å²) in [6, 6.07) is 1.15. The van der Waals surface area contributed by atoms with E-state index in [-0.39, 0.29) is 17.3 Å². The summed E-state index contributed by atoms with van der Waals surface area (Å²) in [5.41, 5.74) is -0.566. The lowest BCUT2D eigenvalue weighted by atomic mass is 10.2. The summed E-state index contributed by atoms with van der Waals surface area (Å²) < 4.78 is 4.99. The molecule has 0 unspecified atom stereocenters. The lowest BCUT2D eigenvalue weighted by molar-refractivity contribution is -0.385. The normalized spacial score (nSPS) is 10.2. The molecule has 0 spiro atoms. The van der Waals surface area contributed by atoms with Gasteiger partial charge in [-0.2, -0.15) is 0 Å². The maximum Gasteiger partial charge on any atom is 0.345 e. The van der Waals surface area contributed by atoms with E-state index in [0.717, 1.165) is 37.9 Å². The van der Waals surface area contributed by atoms with Crippen molar-refractivity contribution in [3.8, 4) is 0 Å². The second kappa shape index (κ2) is 7.68. The Balaban J connectivity index is 2.65. The Labute approximate surface area is 115 Å². The fourth-order valence-electron chi connectivity index (χ4n) is 1.50. The minimum Gasteiger partial charge on any atom is -0.462 e. The number of nitrogens with zero attached hydrogens (tertiary/aromatic N) is 2. The first-order valence-corrected chi connectivity index (χ1v) is 6.41. The molecule has 1 heterocycles. The standard InChI is InChI=1S/C12H15ClN2O4/c1-2-3-4-5-6-19-12(16)9-7-11(13)14-8-10(9)15(17)18/h7-8H,2-6H2,1H3. The van der Waals surface area contributed by atoms with Crippen molar-refractivity contribution in [3.05, 3.63) is 33.1 Å². The number of esters is 1. The van der Waals surface area contributed by atoms with Crippen LogP contribution in [-0.2, 0) is 4.74 Å². The third-order valence-electron chi connectivity index (χ3n) is 2.50. The lowest BCUT2D eigenvalue weighted by Gasteiger charge is -2.05. The number of hydrogen-bond acceptors (Lipinski definition) is 5. The zero-order valence-electron chi connectivity index (χ0n) is 10.6. The number of aromatic nitrogens is 1. The van der Waals surface area contributed by atoms with E-state index in [4.69, 9.17) is 16.3 Å². The number of pyridine rings is 1. The molecule has 0 atom stereocenters. The predicted molar refractivity (Wildman–Crippen MR) is 70.3 cm³/mol. The summed E-state index contributed by atoms with van der Waals surface area (Å²) >= 11 is 5.63. The Bertz CT molecular complexity index is 465. The molecular formula is C12H15ClN2O4. The van der Waals surface area contributed by atoms with Gasteiger partial charge in [0, 0.05) is 0 Å². The Kier molecular flexibility index (Phi) is 6.21. The van der Waals surface area contributed by atoms with E-state index < -0.39 is 16.6 Å². The quantitative estimate of drug-likeness (QED) is 0.252. The molecule has 1 aromatic rings. The number of nitro groups is 1. The van der Waals surface area contributed by atoms with Crippen molar-refractivity contribution in [2.45, 2.75) is 32.6 Å². The number of rotatable bonds is 7. The van der Waals surface area contributed by atoms with Gasteiger partial charge in [-0.15, -0.1) is 0 Å². The molecule has 6 nitrogen and oxygen atoms in total. The van der Waals surface area contributed by atoms with Gasteiger partial charge < -0.3 is 4.74 Å². The predicted octanol–water partition coefficient (Wildman–Crippen LogP) is 3.38. The fourth-order valence-corrected chi connectivity index (χ4v) is 1.66. The highest BCUT2D eigenvalue weighted by atomic mass is 35.5. The molecule has 0 aliphatic carbocycles. The van der Waals surface area contributed by atoms with E-state index in [9.17, 15) is 14.9 Å². The van der Waals surface area contributed by atoms with Crippen molar-refractivity contribution < 1.29 is 14.5 Å². The maximum absolute atomic E-state index is 11.7. The molecule has 104 valence electrons. The van der Waals surface area contributed by atoms with Gasteiger partial charge in [-0.25, -0.2) is 9.78 Å². The van der Waals surface area contributed by atoms with Crippen LogP contribution < -0.4 is 0 Å². The number of carbonyl (C=O) groups excluding carboxylic acids is 1. The monoisotopic (exact) mass is 286 g/mol. The van der Waals surface area contributed by atoms with E-state index in [1.54, 1.807) is 0 Å². The average Bonchev–Trinajstić information content (AvgIpc) is 2.37. The Morgan fingerprint density at radius 1 is 1.47 bits per heavy atom. The summed E-state index contributed by atoms with van der Waals surface area (Å²) in [4.78, 5) is 25.4. The minimum atomic E-state index is -0.743. The molecule has 0 fully saturated rings. The van der Waals surface area contributed by atoms with E-state index in [0.29, 0.717) is 0 Å². The number of halogens is 1. The largest absolute Gasteiger partial charge is 0.462 e. The van der Waals surface area contributed by atoms with Crippen molar-refractivity contribution in [3.63, 3.8) is 0 Å². The van der Waals surface area contributed by atoms with Crippen LogP contribution in [0.15, 0.2) is 12.3 Å². The molecule has 0 amide bonds. The first-order chi connectivity index (χ1) is 9.06. The van der Waals surface area contributed by atoms with Gasteiger partial charge in [0.05, 0.1) is 11.5 Å². The zero-order valence-corrected chi connectivity index (χ0v) is 11.4. The van der Waals surface area contributed by atoms with Gasteiger partial charge in [0.2, 0.25) is 0 Å². The van der Waals surface area contributed by atoms with Crippen LogP contribution in [0.2, 0.25) is 5.15 Å². The highest BCUT2D eigenvalue weighted by Gasteiger charge is 2.22. The Hall–Kier alpha value is -1.69. The number of carbonyl (C=O) groups is 1. The molecule has 1 rings (SSSR count). The first kappa shape index (κ1) is 15.4. The van der Waals surface area contributed by atoms with Gasteiger partial charge >= 0.3 is 11.7 Å². The summed E-state index contributed by atoms with van der Waals surface area (Å²) in [7, 11) is 0. The molecular weight excluding hydrogens is 272 g/mol. The SMILES string of the molecule is CCCCCCOC(=O)c1cc(Cl)ncc1[N+](=O)[O-]. The molecule has 0 saturated carbocycles. The van der Waals surface area contributed by atoms with Crippen molar-refractivity contribution in [2.24, 2.45) is 0 Å². The highest BCUT2D eigenvalue weighted by molar-refractivity contribution is 6.29. The third-order valence-corrected chi connectivity index (χ3v) is 2.70. The molecule has 7 heteroatoms. The fraction of sp³-hybridized carbons (Fsp3) is 0.500. The molecule has 0 saturated heterocycles. The van der Waals surface area contributed by atoms with Crippen molar-refractivity contribution in [2.75, 3.05) is 6.61 Å². The highest BCUT2D eigenvalue weighted by Crippen LogP contribution is 2.21. The molecule has 0 radical (unpaired) electrons. The van der Waals surface area contributed by atoms with Crippen molar-refractivity contribution in [1.29, 1.82) is 0 Å². The van der Waals surface area contributed by atoms with Gasteiger partial charge in [0.25, 0.3) is 0 Å². The lowest BCUT2D eigenvalue weighted by Crippen LogP contribution is -2.09. The third kappa shape index (κ3) is 4.82.